The van der Waals surface area contributed by atoms with E-state index >= 15 is 0 Å². The number of aromatic hydroxyl groups is 1. The van der Waals surface area contributed by atoms with E-state index in [1.165, 1.54) is 36.5 Å². The number of halogens is 2. The molecule has 1 amide bonds. The van der Waals surface area contributed by atoms with Gasteiger partial charge in [0.1, 0.15) is 17.8 Å². The number of hydrogen-bond donors (Lipinski definition) is 1. The molecule has 0 bridgehead atoms. The highest BCUT2D eigenvalue weighted by Gasteiger charge is 2.53. The number of rotatable bonds is 1. The maximum absolute atomic E-state index is 14.5. The van der Waals surface area contributed by atoms with Crippen LogP contribution in [0.4, 0.5) is 8.78 Å². The summed E-state index contributed by atoms with van der Waals surface area (Å²) in [6, 6.07) is 10.1. The third-order valence-corrected chi connectivity index (χ3v) is 8.98. The van der Waals surface area contributed by atoms with Gasteiger partial charge in [-0.25, -0.2) is 8.78 Å². The zero-order chi connectivity index (χ0) is 27.1. The molecule has 7 rings (SSSR count). The highest BCUT2D eigenvalue weighted by molar-refractivity contribution is 5.96. The molecule has 1 N–H and O–H groups in total. The maximum Gasteiger partial charge on any atom is 0.278 e. The monoisotopic (exact) mass is 533 g/mol. The van der Waals surface area contributed by atoms with Crippen molar-refractivity contribution in [2.45, 2.75) is 69.4 Å². The highest BCUT2D eigenvalue weighted by Crippen LogP contribution is 2.47. The van der Waals surface area contributed by atoms with Gasteiger partial charge >= 0.3 is 0 Å². The summed E-state index contributed by atoms with van der Waals surface area (Å²) >= 11 is 0. The molecule has 9 heteroatoms. The molecule has 39 heavy (non-hydrogen) atoms. The minimum absolute atomic E-state index is 0.105. The van der Waals surface area contributed by atoms with Gasteiger partial charge in [0.05, 0.1) is 17.7 Å². The molecule has 0 saturated carbocycles. The standard InChI is InChI=1S/C30H29F2N3O4/c1-17-8-10-30(39-17)11-13-33-25(16-30)35(34-12-9-24(36)28(37)27(34)29(33)38)26-22-6-4-20(31)14-18(22)2-3-19-15-21(32)5-7-23(19)26/h4-7,9,12,14-15,17,25-26,37H,2-3,8,10-11,13,16H2,1H3/t17-,25-,30+/m1/s1. The second kappa shape index (κ2) is 8.64. The average molecular weight is 534 g/mol. The lowest BCUT2D eigenvalue weighted by atomic mass is 9.84. The number of ether oxygens (including phenoxy) is 1. The molecule has 2 fully saturated rings. The molecule has 1 aromatic heterocycles. The number of benzene rings is 2. The molecule has 1 aliphatic carbocycles. The molecule has 2 saturated heterocycles. The Kier molecular flexibility index (Phi) is 5.39. The number of hydrogen-bond acceptors (Lipinski definition) is 5. The molecule has 7 nitrogen and oxygen atoms in total. The van der Waals surface area contributed by atoms with Crippen molar-refractivity contribution >= 4 is 5.91 Å². The molecule has 3 aromatic rings. The van der Waals surface area contributed by atoms with E-state index < -0.39 is 34.9 Å². The minimum atomic E-state index is -0.639. The van der Waals surface area contributed by atoms with Gasteiger partial charge in [-0.3, -0.25) is 19.3 Å². The second-order valence-corrected chi connectivity index (χ2v) is 11.3. The van der Waals surface area contributed by atoms with Gasteiger partial charge in [-0.15, -0.1) is 0 Å². The lowest BCUT2D eigenvalue weighted by molar-refractivity contribution is -0.0882. The summed E-state index contributed by atoms with van der Waals surface area (Å²) in [5.74, 6) is -1.73. The van der Waals surface area contributed by atoms with Gasteiger partial charge in [0.25, 0.3) is 5.91 Å². The number of pyridine rings is 1. The van der Waals surface area contributed by atoms with Crippen LogP contribution >= 0.6 is 0 Å². The largest absolute Gasteiger partial charge is 0.502 e. The highest BCUT2D eigenvalue weighted by atomic mass is 19.1. The first-order valence-corrected chi connectivity index (χ1v) is 13.5. The maximum atomic E-state index is 14.5. The van der Waals surface area contributed by atoms with E-state index in [-0.39, 0.29) is 23.4 Å². The molecule has 4 heterocycles. The molecule has 4 aliphatic rings. The van der Waals surface area contributed by atoms with Gasteiger partial charge in [0.2, 0.25) is 5.43 Å². The first-order chi connectivity index (χ1) is 18.7. The molecule has 2 aromatic carbocycles. The van der Waals surface area contributed by atoms with Gasteiger partial charge < -0.3 is 14.7 Å². The summed E-state index contributed by atoms with van der Waals surface area (Å²) in [7, 11) is 0. The van der Waals surface area contributed by atoms with Crippen LogP contribution in [0.25, 0.3) is 0 Å². The second-order valence-electron chi connectivity index (χ2n) is 11.3. The van der Waals surface area contributed by atoms with E-state index in [1.807, 2.05) is 5.01 Å². The van der Waals surface area contributed by atoms with Crippen LogP contribution in [-0.4, -0.2) is 45.0 Å². The Morgan fingerprint density at radius 2 is 1.64 bits per heavy atom. The minimum Gasteiger partial charge on any atom is -0.502 e. The van der Waals surface area contributed by atoms with Crippen molar-refractivity contribution in [2.24, 2.45) is 0 Å². The smallest absolute Gasteiger partial charge is 0.278 e. The Bertz CT molecular complexity index is 1520. The predicted octanol–water partition coefficient (Wildman–Crippen LogP) is 4.17. The third kappa shape index (κ3) is 3.70. The number of fused-ring (bicyclic) bond motifs is 4. The van der Waals surface area contributed by atoms with Crippen molar-refractivity contribution in [1.29, 1.82) is 0 Å². The Hall–Kier alpha value is -3.72. The third-order valence-electron chi connectivity index (χ3n) is 8.98. The summed E-state index contributed by atoms with van der Waals surface area (Å²) in [6.07, 6.45) is 5.17. The van der Waals surface area contributed by atoms with Crippen LogP contribution in [0.5, 0.6) is 5.75 Å². The fourth-order valence-electron chi connectivity index (χ4n) is 7.16. The van der Waals surface area contributed by atoms with E-state index in [2.05, 4.69) is 6.92 Å². The number of aromatic nitrogens is 1. The van der Waals surface area contributed by atoms with Gasteiger partial charge in [0, 0.05) is 25.2 Å². The predicted molar refractivity (Wildman–Crippen MR) is 139 cm³/mol. The van der Waals surface area contributed by atoms with Crippen LogP contribution in [0.3, 0.4) is 0 Å². The van der Waals surface area contributed by atoms with Crippen LogP contribution in [-0.2, 0) is 17.6 Å². The van der Waals surface area contributed by atoms with Crippen molar-refractivity contribution in [1.82, 2.24) is 9.58 Å². The molecule has 1 spiro atoms. The first-order valence-electron chi connectivity index (χ1n) is 13.5. The van der Waals surface area contributed by atoms with Crippen molar-refractivity contribution < 1.29 is 23.4 Å². The van der Waals surface area contributed by atoms with Crippen molar-refractivity contribution in [3.8, 4) is 5.75 Å². The molecule has 0 radical (unpaired) electrons. The SMILES string of the molecule is C[C@@H]1CC[C@@]2(CCN3C(=O)c4c(O)c(=O)ccn4N(C4c5ccc(F)cc5CCc5cc(F)ccc54)[C@@H]3C2)O1. The van der Waals surface area contributed by atoms with Gasteiger partial charge in [-0.05, 0) is 85.5 Å². The summed E-state index contributed by atoms with van der Waals surface area (Å²) < 4.78 is 37.0. The van der Waals surface area contributed by atoms with Crippen molar-refractivity contribution in [2.75, 3.05) is 11.6 Å². The molecule has 3 aliphatic heterocycles. The molecular formula is C30H29F2N3O4. The van der Waals surface area contributed by atoms with Crippen LogP contribution in [0, 0.1) is 11.6 Å². The lowest BCUT2D eigenvalue weighted by Gasteiger charge is -2.55. The first kappa shape index (κ1) is 24.3. The normalized spacial score (nSPS) is 26.2. The van der Waals surface area contributed by atoms with E-state index in [4.69, 9.17) is 4.74 Å². The van der Waals surface area contributed by atoms with Crippen LogP contribution < -0.4 is 10.4 Å². The van der Waals surface area contributed by atoms with Crippen LogP contribution in [0.2, 0.25) is 0 Å². The number of nitrogens with zero attached hydrogens (tertiary/aromatic N) is 3. The number of piperidine rings is 1. The van der Waals surface area contributed by atoms with Crippen molar-refractivity contribution in [3.63, 3.8) is 0 Å². The molecule has 202 valence electrons. The zero-order valence-electron chi connectivity index (χ0n) is 21.6. The van der Waals surface area contributed by atoms with Crippen molar-refractivity contribution in [3.05, 3.63) is 98.5 Å². The zero-order valence-corrected chi connectivity index (χ0v) is 21.6. The van der Waals surface area contributed by atoms with Gasteiger partial charge in [-0.2, -0.15) is 0 Å². The molecule has 3 atom stereocenters. The molecule has 0 unspecified atom stereocenters. The Labute approximate surface area is 224 Å². The van der Waals surface area contributed by atoms with E-state index in [9.17, 15) is 23.5 Å². The number of aryl methyl sites for hydroxylation is 2. The van der Waals surface area contributed by atoms with Gasteiger partial charge in [-0.1, -0.05) is 12.1 Å². The fraction of sp³-hybridized carbons (Fsp3) is 0.400. The Morgan fingerprint density at radius 3 is 2.26 bits per heavy atom. The Morgan fingerprint density at radius 1 is 0.974 bits per heavy atom. The number of carbonyl (C=O) groups is 1. The summed E-state index contributed by atoms with van der Waals surface area (Å²) in [6.45, 7) is 2.46. The van der Waals surface area contributed by atoms with Crippen LogP contribution in [0.15, 0.2) is 53.5 Å². The quantitative estimate of drug-likeness (QED) is 0.508. The summed E-state index contributed by atoms with van der Waals surface area (Å²) in [5, 5.41) is 12.8. The summed E-state index contributed by atoms with van der Waals surface area (Å²) in [5.41, 5.74) is 2.11. The summed E-state index contributed by atoms with van der Waals surface area (Å²) in [4.78, 5) is 28.0. The van der Waals surface area contributed by atoms with Crippen LogP contribution in [0.1, 0.15) is 71.4 Å². The number of carbonyl (C=O) groups excluding carboxylic acids is 1. The van der Waals surface area contributed by atoms with E-state index in [1.54, 1.807) is 21.7 Å². The molecular weight excluding hydrogens is 504 g/mol. The number of amides is 1. The van der Waals surface area contributed by atoms with E-state index in [0.29, 0.717) is 32.2 Å². The van der Waals surface area contributed by atoms with E-state index in [0.717, 1.165) is 35.1 Å². The topological polar surface area (TPSA) is 75.0 Å². The lowest BCUT2D eigenvalue weighted by Crippen LogP contribution is -2.67. The Balaban J connectivity index is 1.49. The average Bonchev–Trinajstić information content (AvgIpc) is 3.19. The fourth-order valence-corrected chi connectivity index (χ4v) is 7.16. The van der Waals surface area contributed by atoms with Gasteiger partial charge in [0.15, 0.2) is 11.4 Å².